The summed E-state index contributed by atoms with van der Waals surface area (Å²) in [6, 6.07) is 14.3. The van der Waals surface area contributed by atoms with Crippen LogP contribution in [0, 0.1) is 0 Å². The lowest BCUT2D eigenvalue weighted by atomic mass is 9.92. The number of nitrogens with one attached hydrogen (secondary N) is 1. The highest BCUT2D eigenvalue weighted by atomic mass is 16.2. The van der Waals surface area contributed by atoms with Gasteiger partial charge in [-0.15, -0.1) is 5.10 Å². The zero-order valence-electron chi connectivity index (χ0n) is 23.7. The number of hydrogen-bond donors (Lipinski definition) is 3. The third-order valence-corrected chi connectivity index (χ3v) is 8.70. The molecule has 4 aromatic heterocycles. The smallest absolute Gasteiger partial charge is 0.291 e. The van der Waals surface area contributed by atoms with Gasteiger partial charge >= 0.3 is 0 Å². The number of amides is 1. The van der Waals surface area contributed by atoms with Crippen LogP contribution in [-0.4, -0.2) is 57.7 Å². The summed E-state index contributed by atoms with van der Waals surface area (Å²) in [7, 11) is 0. The summed E-state index contributed by atoms with van der Waals surface area (Å²) in [5, 5.41) is 11.2. The summed E-state index contributed by atoms with van der Waals surface area (Å²) in [6.07, 6.45) is 8.48. The molecule has 0 bridgehead atoms. The highest BCUT2D eigenvalue weighted by molar-refractivity contribution is 5.91. The van der Waals surface area contributed by atoms with Crippen LogP contribution in [0.25, 0.3) is 28.0 Å². The van der Waals surface area contributed by atoms with E-state index in [9.17, 15) is 4.79 Å². The van der Waals surface area contributed by atoms with Gasteiger partial charge in [0.1, 0.15) is 5.82 Å². The van der Waals surface area contributed by atoms with E-state index in [2.05, 4.69) is 40.2 Å². The maximum absolute atomic E-state index is 13.4. The molecular formula is C31H34N10O. The number of likely N-dealkylation sites (tertiary alicyclic amines) is 1. The summed E-state index contributed by atoms with van der Waals surface area (Å²) in [6.45, 7) is 4.27. The van der Waals surface area contributed by atoms with Gasteiger partial charge in [-0.2, -0.15) is 14.6 Å². The van der Waals surface area contributed by atoms with Crippen LogP contribution in [-0.2, 0) is 0 Å². The molecule has 0 spiro atoms. The minimum absolute atomic E-state index is 0.0410. The quantitative estimate of drug-likeness (QED) is 0.255. The number of pyridine rings is 1. The van der Waals surface area contributed by atoms with Crippen molar-refractivity contribution >= 4 is 23.3 Å². The first kappa shape index (κ1) is 26.1. The molecule has 214 valence electrons. The third-order valence-electron chi connectivity index (χ3n) is 8.70. The molecule has 2 aliphatic rings. The molecule has 1 saturated heterocycles. The van der Waals surface area contributed by atoms with Crippen molar-refractivity contribution < 1.29 is 4.79 Å². The van der Waals surface area contributed by atoms with Gasteiger partial charge in [-0.3, -0.25) is 14.9 Å². The Hall–Kier alpha value is -4.80. The lowest BCUT2D eigenvalue weighted by Gasteiger charge is -2.30. The van der Waals surface area contributed by atoms with Crippen molar-refractivity contribution in [2.75, 3.05) is 11.5 Å². The normalized spacial score (nSPS) is 19.4. The van der Waals surface area contributed by atoms with Crippen LogP contribution < -0.4 is 11.5 Å². The number of benzene rings is 1. The minimum Gasteiger partial charge on any atom is -0.383 e. The lowest BCUT2D eigenvalue weighted by Crippen LogP contribution is -2.41. The Bertz CT molecular complexity index is 1760. The van der Waals surface area contributed by atoms with Crippen molar-refractivity contribution in [2.45, 2.75) is 69.9 Å². The largest absolute Gasteiger partial charge is 0.383 e. The number of aromatic nitrogens is 7. The Balaban J connectivity index is 1.22. The van der Waals surface area contributed by atoms with Gasteiger partial charge < -0.3 is 16.4 Å². The van der Waals surface area contributed by atoms with Crippen LogP contribution in [0.4, 0.5) is 11.8 Å². The Morgan fingerprint density at radius 3 is 2.52 bits per heavy atom. The fraction of sp³-hybridized carbons (Fsp3) is 0.355. The fourth-order valence-corrected chi connectivity index (χ4v) is 6.43. The molecule has 5 N–H and O–H groups in total. The first-order valence-corrected chi connectivity index (χ1v) is 14.6. The Kier molecular flexibility index (Phi) is 6.37. The number of nitrogens with zero attached hydrogens (tertiary/aromatic N) is 7. The van der Waals surface area contributed by atoms with Crippen LogP contribution in [0.3, 0.4) is 0 Å². The molecular weight excluding hydrogens is 528 g/mol. The van der Waals surface area contributed by atoms with Gasteiger partial charge in [0.2, 0.25) is 11.8 Å². The first-order valence-electron chi connectivity index (χ1n) is 14.6. The zero-order valence-corrected chi connectivity index (χ0v) is 23.7. The molecule has 3 atom stereocenters. The molecule has 11 nitrogen and oxygen atoms in total. The maximum Gasteiger partial charge on any atom is 0.291 e. The number of nitrogens with two attached hydrogens (primary N) is 2. The van der Waals surface area contributed by atoms with Gasteiger partial charge in [0.05, 0.1) is 17.6 Å². The number of nitrogen functional groups attached to an aromatic ring is 2. The van der Waals surface area contributed by atoms with E-state index in [1.54, 1.807) is 4.52 Å². The van der Waals surface area contributed by atoms with Crippen LogP contribution in [0.15, 0.2) is 54.9 Å². The number of rotatable bonds is 7. The van der Waals surface area contributed by atoms with Gasteiger partial charge in [-0.05, 0) is 51.0 Å². The molecule has 1 aliphatic carbocycles. The third kappa shape index (κ3) is 4.54. The number of carbonyl (C=O) groups is 1. The van der Waals surface area contributed by atoms with Gasteiger partial charge in [0.25, 0.3) is 5.91 Å². The second-order valence-electron chi connectivity index (χ2n) is 11.6. The number of carbonyl (C=O) groups excluding carboxylic acids is 1. The monoisotopic (exact) mass is 562 g/mol. The standard InChI is InChI=1S/C31H34N10O/c1-17(14-22-12-8-18(2)40(22)30(42)28-37-31(33)39-38-28)26-25(20-9-10-20)27(32)41-29(36-26)23(16-35-41)21-11-13-24(34-15-21)19-6-4-3-5-7-19/h3-7,11,13,15-18,20,22H,8-10,12,14,32H2,1-2H3,(H3,33,37,38,39). The first-order chi connectivity index (χ1) is 20.4. The highest BCUT2D eigenvalue weighted by Crippen LogP contribution is 2.47. The van der Waals surface area contributed by atoms with Crippen molar-refractivity contribution in [3.05, 3.63) is 71.9 Å². The summed E-state index contributed by atoms with van der Waals surface area (Å²) in [4.78, 5) is 29.4. The molecule has 2 fully saturated rings. The van der Waals surface area contributed by atoms with Crippen molar-refractivity contribution in [1.82, 2.24) is 39.7 Å². The molecule has 1 aromatic carbocycles. The Labute approximate surface area is 243 Å². The van der Waals surface area contributed by atoms with Crippen LogP contribution in [0.1, 0.15) is 79.7 Å². The fourth-order valence-electron chi connectivity index (χ4n) is 6.43. The summed E-state index contributed by atoms with van der Waals surface area (Å²) >= 11 is 0. The van der Waals surface area contributed by atoms with Crippen molar-refractivity contribution in [3.63, 3.8) is 0 Å². The molecule has 0 radical (unpaired) electrons. The van der Waals surface area contributed by atoms with E-state index >= 15 is 0 Å². The number of anilines is 2. The number of H-pyrrole nitrogens is 1. The van der Waals surface area contributed by atoms with E-state index in [0.717, 1.165) is 71.4 Å². The van der Waals surface area contributed by atoms with E-state index in [1.165, 1.54) is 0 Å². The highest BCUT2D eigenvalue weighted by Gasteiger charge is 2.39. The number of fused-ring (bicyclic) bond motifs is 1. The van der Waals surface area contributed by atoms with E-state index in [0.29, 0.717) is 11.7 Å². The van der Waals surface area contributed by atoms with Crippen molar-refractivity contribution in [1.29, 1.82) is 0 Å². The molecule has 11 heteroatoms. The topological polar surface area (TPSA) is 157 Å². The molecule has 42 heavy (non-hydrogen) atoms. The number of aromatic amines is 1. The van der Waals surface area contributed by atoms with Crippen LogP contribution >= 0.6 is 0 Å². The molecule has 5 aromatic rings. The summed E-state index contributed by atoms with van der Waals surface area (Å²) in [5.41, 5.74) is 19.1. The second-order valence-corrected chi connectivity index (χ2v) is 11.6. The molecule has 1 saturated carbocycles. The predicted octanol–water partition coefficient (Wildman–Crippen LogP) is 4.81. The van der Waals surface area contributed by atoms with Gasteiger partial charge in [0.15, 0.2) is 5.65 Å². The Morgan fingerprint density at radius 1 is 1.02 bits per heavy atom. The SMILES string of the molecule is CC(CC1CCC(C)N1C(=O)c1nc(N)n[nH]1)c1nc2c(-c3ccc(-c4ccccc4)nc3)cnn2c(N)c1C1CC1. The molecule has 3 unspecified atom stereocenters. The lowest BCUT2D eigenvalue weighted by molar-refractivity contribution is 0.0655. The number of hydrogen-bond acceptors (Lipinski definition) is 8. The molecule has 7 rings (SSSR count). The van der Waals surface area contributed by atoms with Crippen molar-refractivity contribution in [3.8, 4) is 22.4 Å². The van der Waals surface area contributed by atoms with E-state index in [-0.39, 0.29) is 35.7 Å². The van der Waals surface area contributed by atoms with Crippen molar-refractivity contribution in [2.24, 2.45) is 0 Å². The van der Waals surface area contributed by atoms with E-state index < -0.39 is 0 Å². The predicted molar refractivity (Wildman–Crippen MR) is 161 cm³/mol. The van der Waals surface area contributed by atoms with Crippen LogP contribution in [0.5, 0.6) is 0 Å². The maximum atomic E-state index is 13.4. The van der Waals surface area contributed by atoms with Gasteiger partial charge in [0, 0.05) is 46.5 Å². The zero-order chi connectivity index (χ0) is 29.0. The van der Waals surface area contributed by atoms with Gasteiger partial charge in [-0.25, -0.2) is 4.98 Å². The average molecular weight is 563 g/mol. The summed E-state index contributed by atoms with van der Waals surface area (Å²) < 4.78 is 1.77. The molecule has 5 heterocycles. The van der Waals surface area contributed by atoms with Crippen LogP contribution in [0.2, 0.25) is 0 Å². The second kappa shape index (κ2) is 10.2. The molecule has 1 amide bonds. The average Bonchev–Trinajstić information content (AvgIpc) is 3.41. The Morgan fingerprint density at radius 2 is 1.83 bits per heavy atom. The van der Waals surface area contributed by atoms with E-state index in [1.807, 2.05) is 53.7 Å². The summed E-state index contributed by atoms with van der Waals surface area (Å²) in [5.74, 6) is 1.18. The van der Waals surface area contributed by atoms with E-state index in [4.69, 9.17) is 21.4 Å². The minimum atomic E-state index is -0.170. The van der Waals surface area contributed by atoms with Gasteiger partial charge in [-0.1, -0.05) is 43.3 Å². The molecule has 1 aliphatic heterocycles.